The summed E-state index contributed by atoms with van der Waals surface area (Å²) in [6, 6.07) is 10.2. The summed E-state index contributed by atoms with van der Waals surface area (Å²) in [6.45, 7) is 1.41. The maximum atomic E-state index is 11.9. The number of pyridine rings is 1. The quantitative estimate of drug-likeness (QED) is 0.627. The van der Waals surface area contributed by atoms with Gasteiger partial charge in [-0.2, -0.15) is 0 Å². The highest BCUT2D eigenvalue weighted by Gasteiger charge is 2.31. The molecule has 0 unspecified atom stereocenters. The van der Waals surface area contributed by atoms with Gasteiger partial charge in [0.15, 0.2) is 11.5 Å². The number of anilines is 1. The minimum atomic E-state index is -0.887. The number of aliphatic hydroxyl groups is 1. The van der Waals surface area contributed by atoms with Crippen LogP contribution in [0.5, 0.6) is 17.4 Å². The average Bonchev–Trinajstić information content (AvgIpc) is 3.09. The van der Waals surface area contributed by atoms with E-state index in [-0.39, 0.29) is 6.54 Å². The summed E-state index contributed by atoms with van der Waals surface area (Å²) in [7, 11) is 1.57. The summed E-state index contributed by atoms with van der Waals surface area (Å²) in [5, 5.41) is 18.6. The molecule has 2 heterocycles. The Balaban J connectivity index is 1.53. The van der Waals surface area contributed by atoms with Crippen molar-refractivity contribution in [1.82, 2.24) is 15.6 Å². The van der Waals surface area contributed by atoms with Crippen LogP contribution in [0.25, 0.3) is 0 Å². The lowest BCUT2D eigenvalue weighted by atomic mass is 10.0. The minimum absolute atomic E-state index is 0.189. The first-order valence-electron chi connectivity index (χ1n) is 8.33. The molecule has 1 aliphatic rings. The van der Waals surface area contributed by atoms with Crippen LogP contribution in [-0.4, -0.2) is 48.5 Å². The first-order valence-corrected chi connectivity index (χ1v) is 8.33. The Labute approximate surface area is 151 Å². The lowest BCUT2D eigenvalue weighted by Gasteiger charge is -2.21. The topological polar surface area (TPSA) is 105 Å². The van der Waals surface area contributed by atoms with E-state index in [1.54, 1.807) is 31.4 Å². The molecular weight excluding hydrogens is 336 g/mol. The fraction of sp³-hybridized carbons (Fsp3) is 0.333. The molecule has 26 heavy (non-hydrogen) atoms. The van der Waals surface area contributed by atoms with Gasteiger partial charge in [0.25, 0.3) is 0 Å². The number of β-amino-alcohol motifs (C(OH)–C–C–N with tert-alkyl or cyclic N) is 1. The van der Waals surface area contributed by atoms with Crippen molar-refractivity contribution in [1.29, 1.82) is 0 Å². The number of ether oxygens (including phenoxy) is 2. The van der Waals surface area contributed by atoms with Gasteiger partial charge in [-0.3, -0.25) is 0 Å². The molecule has 2 amide bonds. The predicted molar refractivity (Wildman–Crippen MR) is 96.8 cm³/mol. The summed E-state index contributed by atoms with van der Waals surface area (Å²) in [6.07, 6.45) is 2.11. The van der Waals surface area contributed by atoms with Gasteiger partial charge < -0.3 is 30.5 Å². The molecule has 138 valence electrons. The molecule has 4 N–H and O–H groups in total. The van der Waals surface area contributed by atoms with Crippen LogP contribution in [0.3, 0.4) is 0 Å². The number of methoxy groups -OCH3 is 1. The van der Waals surface area contributed by atoms with Crippen LogP contribution >= 0.6 is 0 Å². The van der Waals surface area contributed by atoms with E-state index < -0.39 is 11.6 Å². The number of urea groups is 1. The number of rotatable bonds is 6. The summed E-state index contributed by atoms with van der Waals surface area (Å²) in [5.41, 5.74) is -0.367. The largest absolute Gasteiger partial charge is 0.493 e. The van der Waals surface area contributed by atoms with E-state index in [4.69, 9.17) is 9.47 Å². The zero-order chi connectivity index (χ0) is 18.4. The van der Waals surface area contributed by atoms with Gasteiger partial charge >= 0.3 is 6.03 Å². The van der Waals surface area contributed by atoms with Crippen molar-refractivity contribution in [2.45, 2.75) is 12.0 Å². The number of benzene rings is 1. The molecule has 8 heteroatoms. The molecule has 0 spiro atoms. The predicted octanol–water partition coefficient (Wildman–Crippen LogP) is 1.73. The lowest BCUT2D eigenvalue weighted by Crippen LogP contribution is -2.45. The standard InChI is InChI=1S/C18H22N4O4/c1-25-14-4-2-3-5-15(14)26-16-7-6-13(10-20-16)22-17(23)21-12-18(24)8-9-19-11-18/h2-7,10,19,24H,8-9,11-12H2,1H3,(H2,21,22,23)/t18-/m1/s1. The molecular formula is C18H22N4O4. The highest BCUT2D eigenvalue weighted by Crippen LogP contribution is 2.30. The normalized spacial score (nSPS) is 19.0. The van der Waals surface area contributed by atoms with Crippen LogP contribution in [0.4, 0.5) is 10.5 Å². The molecule has 0 radical (unpaired) electrons. The van der Waals surface area contributed by atoms with E-state index in [9.17, 15) is 9.90 Å². The molecule has 0 bridgehead atoms. The number of hydrogen-bond acceptors (Lipinski definition) is 6. The van der Waals surface area contributed by atoms with E-state index in [1.807, 2.05) is 12.1 Å². The van der Waals surface area contributed by atoms with Crippen molar-refractivity contribution >= 4 is 11.7 Å². The zero-order valence-electron chi connectivity index (χ0n) is 14.5. The molecule has 2 aromatic rings. The Morgan fingerprint density at radius 1 is 1.31 bits per heavy atom. The van der Waals surface area contributed by atoms with Crippen molar-refractivity contribution < 1.29 is 19.4 Å². The van der Waals surface area contributed by atoms with E-state index in [2.05, 4.69) is 20.9 Å². The Morgan fingerprint density at radius 2 is 2.12 bits per heavy atom. The SMILES string of the molecule is COc1ccccc1Oc1ccc(NC(=O)NC[C@@]2(O)CCNC2)cn1. The van der Waals surface area contributed by atoms with Crippen molar-refractivity contribution in [3.05, 3.63) is 42.6 Å². The monoisotopic (exact) mass is 358 g/mol. The number of nitrogens with zero attached hydrogens (tertiary/aromatic N) is 1. The Kier molecular flexibility index (Phi) is 5.55. The van der Waals surface area contributed by atoms with Gasteiger partial charge in [0.1, 0.15) is 0 Å². The number of nitrogens with one attached hydrogen (secondary N) is 3. The maximum absolute atomic E-state index is 11.9. The fourth-order valence-corrected chi connectivity index (χ4v) is 2.63. The molecule has 8 nitrogen and oxygen atoms in total. The fourth-order valence-electron chi connectivity index (χ4n) is 2.63. The van der Waals surface area contributed by atoms with Crippen molar-refractivity contribution in [3.8, 4) is 17.4 Å². The maximum Gasteiger partial charge on any atom is 0.319 e. The van der Waals surface area contributed by atoms with Crippen LogP contribution < -0.4 is 25.4 Å². The molecule has 1 saturated heterocycles. The highest BCUT2D eigenvalue weighted by molar-refractivity contribution is 5.89. The Bertz CT molecular complexity index is 745. The Hall–Kier alpha value is -2.84. The van der Waals surface area contributed by atoms with Gasteiger partial charge in [0, 0.05) is 19.2 Å². The number of amides is 2. The van der Waals surface area contributed by atoms with Crippen LogP contribution in [0.2, 0.25) is 0 Å². The second-order valence-corrected chi connectivity index (χ2v) is 6.10. The molecule has 1 atom stereocenters. The summed E-state index contributed by atoms with van der Waals surface area (Å²) in [5.74, 6) is 1.54. The highest BCUT2D eigenvalue weighted by atomic mass is 16.5. The Morgan fingerprint density at radius 3 is 2.77 bits per heavy atom. The number of para-hydroxylation sites is 2. The lowest BCUT2D eigenvalue weighted by molar-refractivity contribution is 0.0640. The molecule has 0 aliphatic carbocycles. The second kappa shape index (κ2) is 8.03. The van der Waals surface area contributed by atoms with E-state index in [1.165, 1.54) is 6.20 Å². The van der Waals surface area contributed by atoms with Gasteiger partial charge in [-0.05, 0) is 31.2 Å². The van der Waals surface area contributed by atoms with Gasteiger partial charge in [-0.25, -0.2) is 9.78 Å². The third-order valence-electron chi connectivity index (χ3n) is 4.08. The third kappa shape index (κ3) is 4.62. The van der Waals surface area contributed by atoms with Gasteiger partial charge in [0.05, 0.1) is 24.6 Å². The molecule has 1 aliphatic heterocycles. The zero-order valence-corrected chi connectivity index (χ0v) is 14.5. The van der Waals surface area contributed by atoms with Gasteiger partial charge in [-0.15, -0.1) is 0 Å². The number of aromatic nitrogens is 1. The van der Waals surface area contributed by atoms with E-state index in [0.29, 0.717) is 36.0 Å². The molecule has 1 aromatic carbocycles. The number of carbonyl (C=O) groups excluding carboxylic acids is 1. The summed E-state index contributed by atoms with van der Waals surface area (Å²) < 4.78 is 10.9. The number of hydrogen-bond donors (Lipinski definition) is 4. The van der Waals surface area contributed by atoms with Crippen LogP contribution in [0.1, 0.15) is 6.42 Å². The minimum Gasteiger partial charge on any atom is -0.493 e. The van der Waals surface area contributed by atoms with Crippen molar-refractivity contribution in [2.75, 3.05) is 32.1 Å². The summed E-state index contributed by atoms with van der Waals surface area (Å²) in [4.78, 5) is 16.1. The first-order chi connectivity index (χ1) is 12.6. The third-order valence-corrected chi connectivity index (χ3v) is 4.08. The van der Waals surface area contributed by atoms with Gasteiger partial charge in [-0.1, -0.05) is 12.1 Å². The van der Waals surface area contributed by atoms with Crippen molar-refractivity contribution in [3.63, 3.8) is 0 Å². The van der Waals surface area contributed by atoms with Crippen LogP contribution in [0.15, 0.2) is 42.6 Å². The van der Waals surface area contributed by atoms with E-state index in [0.717, 1.165) is 6.54 Å². The molecule has 1 fully saturated rings. The number of carbonyl (C=O) groups is 1. The van der Waals surface area contributed by atoms with Gasteiger partial charge in [0.2, 0.25) is 5.88 Å². The first kappa shape index (κ1) is 18.0. The van der Waals surface area contributed by atoms with Crippen molar-refractivity contribution in [2.24, 2.45) is 0 Å². The molecule has 1 aromatic heterocycles. The molecule has 0 saturated carbocycles. The summed E-state index contributed by atoms with van der Waals surface area (Å²) >= 11 is 0. The van der Waals surface area contributed by atoms with Crippen LogP contribution in [0, 0.1) is 0 Å². The average molecular weight is 358 g/mol. The van der Waals surface area contributed by atoms with Crippen LogP contribution in [-0.2, 0) is 0 Å². The smallest absolute Gasteiger partial charge is 0.319 e. The second-order valence-electron chi connectivity index (χ2n) is 6.10. The molecule has 3 rings (SSSR count). The van der Waals surface area contributed by atoms with E-state index >= 15 is 0 Å².